The first-order valence-corrected chi connectivity index (χ1v) is 6.81. The van der Waals surface area contributed by atoms with Crippen LogP contribution in [0.5, 0.6) is 0 Å². The molecule has 0 aliphatic carbocycles. The molecular formula is C12H17Cl2N3O3. The molecule has 8 heteroatoms. The maximum Gasteiger partial charge on any atom is 0.257 e. The van der Waals surface area contributed by atoms with E-state index in [0.29, 0.717) is 26.3 Å². The summed E-state index contributed by atoms with van der Waals surface area (Å²) in [4.78, 5) is 14.1. The van der Waals surface area contributed by atoms with Crippen LogP contribution in [0.1, 0.15) is 16.8 Å². The van der Waals surface area contributed by atoms with E-state index in [9.17, 15) is 4.79 Å². The molecule has 1 rings (SSSR count). The Hall–Kier alpha value is -0.950. The van der Waals surface area contributed by atoms with E-state index >= 15 is 0 Å². The van der Waals surface area contributed by atoms with Gasteiger partial charge in [-0.2, -0.15) is 0 Å². The van der Waals surface area contributed by atoms with Gasteiger partial charge in [0.2, 0.25) is 0 Å². The van der Waals surface area contributed by atoms with E-state index in [1.165, 1.54) is 6.07 Å². The van der Waals surface area contributed by atoms with E-state index in [1.54, 1.807) is 19.1 Å². The van der Waals surface area contributed by atoms with E-state index in [0.717, 1.165) is 6.42 Å². The fourth-order valence-electron chi connectivity index (χ4n) is 1.59. The molecule has 0 aromatic carbocycles. The Morgan fingerprint density at radius 3 is 2.55 bits per heavy atom. The zero-order chi connectivity index (χ0) is 15.0. The van der Waals surface area contributed by atoms with Crippen molar-refractivity contribution in [3.05, 3.63) is 21.9 Å². The van der Waals surface area contributed by atoms with Crippen molar-refractivity contribution in [2.24, 2.45) is 0 Å². The fraction of sp³-hybridized carbons (Fsp3) is 0.583. The number of carbonyl (C=O) groups is 1. The Kier molecular flexibility index (Phi) is 7.76. The van der Waals surface area contributed by atoms with Crippen LogP contribution in [0.15, 0.2) is 6.07 Å². The number of aromatic nitrogens is 2. The van der Waals surface area contributed by atoms with Crippen molar-refractivity contribution < 1.29 is 14.3 Å². The fourth-order valence-corrected chi connectivity index (χ4v) is 1.91. The molecule has 1 heterocycles. The molecule has 0 radical (unpaired) electrons. The van der Waals surface area contributed by atoms with E-state index in [-0.39, 0.29) is 21.8 Å². The van der Waals surface area contributed by atoms with Gasteiger partial charge < -0.3 is 14.4 Å². The second-order valence-electron chi connectivity index (χ2n) is 4.00. The van der Waals surface area contributed by atoms with Gasteiger partial charge in [-0.05, 0) is 12.5 Å². The van der Waals surface area contributed by atoms with Gasteiger partial charge in [-0.3, -0.25) is 4.79 Å². The lowest BCUT2D eigenvalue weighted by Crippen LogP contribution is -2.35. The number of carbonyl (C=O) groups excluding carboxylic acids is 1. The molecule has 1 amide bonds. The predicted molar refractivity (Wildman–Crippen MR) is 76.3 cm³/mol. The van der Waals surface area contributed by atoms with Crippen LogP contribution >= 0.6 is 23.2 Å². The van der Waals surface area contributed by atoms with Gasteiger partial charge in [0, 0.05) is 33.9 Å². The highest BCUT2D eigenvalue weighted by Gasteiger charge is 2.19. The number of amides is 1. The molecule has 0 spiro atoms. The highest BCUT2D eigenvalue weighted by Crippen LogP contribution is 2.17. The molecule has 1 aromatic heterocycles. The zero-order valence-electron chi connectivity index (χ0n) is 11.4. The van der Waals surface area contributed by atoms with Gasteiger partial charge in [-0.15, -0.1) is 10.2 Å². The van der Waals surface area contributed by atoms with E-state index < -0.39 is 0 Å². The van der Waals surface area contributed by atoms with Gasteiger partial charge in [0.25, 0.3) is 5.91 Å². The quantitative estimate of drug-likeness (QED) is 0.684. The van der Waals surface area contributed by atoms with Crippen LogP contribution in [0.3, 0.4) is 0 Å². The first-order chi connectivity index (χ1) is 9.60. The first-order valence-electron chi connectivity index (χ1n) is 6.06. The highest BCUT2D eigenvalue weighted by atomic mass is 35.5. The number of ether oxygens (including phenoxy) is 2. The third-order valence-electron chi connectivity index (χ3n) is 2.58. The van der Waals surface area contributed by atoms with Gasteiger partial charge in [-0.25, -0.2) is 0 Å². The van der Waals surface area contributed by atoms with Crippen LogP contribution in [-0.4, -0.2) is 61.5 Å². The normalized spacial score (nSPS) is 10.6. The van der Waals surface area contributed by atoms with Crippen molar-refractivity contribution in [1.82, 2.24) is 15.1 Å². The molecule has 0 saturated carbocycles. The predicted octanol–water partition coefficient (Wildman–Crippen LogP) is 1.91. The van der Waals surface area contributed by atoms with Crippen LogP contribution < -0.4 is 0 Å². The second-order valence-corrected chi connectivity index (χ2v) is 4.75. The topological polar surface area (TPSA) is 64.6 Å². The van der Waals surface area contributed by atoms with Gasteiger partial charge in [-0.1, -0.05) is 23.2 Å². The number of hydrogen-bond acceptors (Lipinski definition) is 5. The molecule has 1 aromatic rings. The highest BCUT2D eigenvalue weighted by molar-refractivity contribution is 6.34. The van der Waals surface area contributed by atoms with Gasteiger partial charge in [0.1, 0.15) is 0 Å². The summed E-state index contributed by atoms with van der Waals surface area (Å²) in [6.45, 7) is 1.99. The minimum atomic E-state index is -0.250. The van der Waals surface area contributed by atoms with E-state index in [2.05, 4.69) is 10.2 Å². The maximum absolute atomic E-state index is 12.4. The number of hydrogen-bond donors (Lipinski definition) is 0. The summed E-state index contributed by atoms with van der Waals surface area (Å²) in [5, 5.41) is 7.39. The maximum atomic E-state index is 12.4. The third-order valence-corrected chi connectivity index (χ3v) is 3.04. The SMILES string of the molecule is COCCCN(CCOC)C(=O)c1cc(Cl)nnc1Cl. The summed E-state index contributed by atoms with van der Waals surface area (Å²) in [6.07, 6.45) is 0.718. The van der Waals surface area contributed by atoms with E-state index in [1.807, 2.05) is 0 Å². The minimum Gasteiger partial charge on any atom is -0.385 e. The Bertz CT molecular complexity index is 446. The zero-order valence-corrected chi connectivity index (χ0v) is 12.9. The van der Waals surface area contributed by atoms with Crippen LogP contribution in [0.2, 0.25) is 10.3 Å². The van der Waals surface area contributed by atoms with Crippen molar-refractivity contribution in [3.8, 4) is 0 Å². The van der Waals surface area contributed by atoms with Crippen LogP contribution in [-0.2, 0) is 9.47 Å². The summed E-state index contributed by atoms with van der Waals surface area (Å²) < 4.78 is 9.99. The average molecular weight is 322 g/mol. The molecule has 20 heavy (non-hydrogen) atoms. The van der Waals surface area contributed by atoms with Crippen LogP contribution in [0.25, 0.3) is 0 Å². The molecule has 112 valence electrons. The molecule has 0 bridgehead atoms. The number of halogens is 2. The van der Waals surface area contributed by atoms with Crippen molar-refractivity contribution in [2.75, 3.05) is 40.5 Å². The van der Waals surface area contributed by atoms with Crippen molar-refractivity contribution in [3.63, 3.8) is 0 Å². The molecule has 0 unspecified atom stereocenters. The molecule has 0 aliphatic rings. The molecule has 0 fully saturated rings. The lowest BCUT2D eigenvalue weighted by molar-refractivity contribution is 0.0673. The van der Waals surface area contributed by atoms with Gasteiger partial charge >= 0.3 is 0 Å². The number of rotatable bonds is 8. The Labute approximate surface area is 128 Å². The lowest BCUT2D eigenvalue weighted by atomic mass is 10.2. The summed E-state index contributed by atoms with van der Waals surface area (Å²) in [5.41, 5.74) is 0.236. The van der Waals surface area contributed by atoms with Crippen LogP contribution in [0, 0.1) is 0 Å². The molecule has 0 saturated heterocycles. The van der Waals surface area contributed by atoms with E-state index in [4.69, 9.17) is 32.7 Å². The molecule has 6 nitrogen and oxygen atoms in total. The van der Waals surface area contributed by atoms with Crippen molar-refractivity contribution in [1.29, 1.82) is 0 Å². The number of nitrogens with zero attached hydrogens (tertiary/aromatic N) is 3. The Balaban J connectivity index is 2.82. The lowest BCUT2D eigenvalue weighted by Gasteiger charge is -2.22. The summed E-state index contributed by atoms with van der Waals surface area (Å²) >= 11 is 11.6. The first kappa shape index (κ1) is 17.1. The molecule has 0 atom stereocenters. The molecule has 0 N–H and O–H groups in total. The molecule has 0 aliphatic heterocycles. The summed E-state index contributed by atoms with van der Waals surface area (Å²) in [6, 6.07) is 1.41. The van der Waals surface area contributed by atoms with Crippen molar-refractivity contribution >= 4 is 29.1 Å². The number of methoxy groups -OCH3 is 2. The summed E-state index contributed by atoms with van der Waals surface area (Å²) in [5.74, 6) is -0.250. The van der Waals surface area contributed by atoms with Gasteiger partial charge in [0.15, 0.2) is 10.3 Å². The Morgan fingerprint density at radius 2 is 1.90 bits per heavy atom. The minimum absolute atomic E-state index is 0.0357. The monoisotopic (exact) mass is 321 g/mol. The Morgan fingerprint density at radius 1 is 1.20 bits per heavy atom. The largest absolute Gasteiger partial charge is 0.385 e. The van der Waals surface area contributed by atoms with Gasteiger partial charge in [0.05, 0.1) is 12.2 Å². The van der Waals surface area contributed by atoms with Crippen molar-refractivity contribution in [2.45, 2.75) is 6.42 Å². The second kappa shape index (κ2) is 9.07. The summed E-state index contributed by atoms with van der Waals surface area (Å²) in [7, 11) is 3.19. The van der Waals surface area contributed by atoms with Crippen LogP contribution in [0.4, 0.5) is 0 Å². The smallest absolute Gasteiger partial charge is 0.257 e. The molecular weight excluding hydrogens is 305 g/mol. The average Bonchev–Trinajstić information content (AvgIpc) is 2.44. The standard InChI is InChI=1S/C12H17Cl2N3O3/c1-19-6-3-4-17(5-7-20-2)12(18)9-8-10(13)15-16-11(9)14/h8H,3-7H2,1-2H3. The third kappa shape index (κ3) is 5.20.